The third-order valence-corrected chi connectivity index (χ3v) is 5.23. The summed E-state index contributed by atoms with van der Waals surface area (Å²) in [7, 11) is 0. The van der Waals surface area contributed by atoms with E-state index in [4.69, 9.17) is 9.73 Å². The van der Waals surface area contributed by atoms with Crippen molar-refractivity contribution in [1.29, 1.82) is 0 Å². The third-order valence-electron chi connectivity index (χ3n) is 5.23. The van der Waals surface area contributed by atoms with Gasteiger partial charge in [-0.25, -0.2) is 4.99 Å². The van der Waals surface area contributed by atoms with Crippen molar-refractivity contribution >= 4 is 5.96 Å². The summed E-state index contributed by atoms with van der Waals surface area (Å²) in [4.78, 5) is 7.40. The Hall–Kier alpha value is -1.59. The van der Waals surface area contributed by atoms with Gasteiger partial charge >= 0.3 is 0 Å². The number of nitrogens with zero attached hydrogens (tertiary/aromatic N) is 2. The number of ether oxygens (including phenoxy) is 1. The van der Waals surface area contributed by atoms with Crippen molar-refractivity contribution in [1.82, 2.24) is 15.5 Å². The molecule has 2 aliphatic heterocycles. The molecule has 1 aromatic carbocycles. The summed E-state index contributed by atoms with van der Waals surface area (Å²) >= 11 is 0. The van der Waals surface area contributed by atoms with E-state index in [1.54, 1.807) is 0 Å². The molecule has 2 aliphatic rings. The highest BCUT2D eigenvalue weighted by molar-refractivity contribution is 5.79. The lowest BCUT2D eigenvalue weighted by Crippen LogP contribution is -2.41. The van der Waals surface area contributed by atoms with Crippen LogP contribution in [0.25, 0.3) is 0 Å². The van der Waals surface area contributed by atoms with Crippen LogP contribution in [0, 0.1) is 0 Å². The van der Waals surface area contributed by atoms with Gasteiger partial charge in [0.1, 0.15) is 0 Å². The Morgan fingerprint density at radius 2 is 1.92 bits per heavy atom. The number of aliphatic imine (C=N–C) groups is 1. The lowest BCUT2D eigenvalue weighted by molar-refractivity contribution is 0.114. The fourth-order valence-corrected chi connectivity index (χ4v) is 3.75. The van der Waals surface area contributed by atoms with Crippen molar-refractivity contribution in [2.24, 2.45) is 4.99 Å². The molecule has 2 heterocycles. The normalized spacial score (nSPS) is 21.7. The Morgan fingerprint density at radius 1 is 1.12 bits per heavy atom. The minimum Gasteiger partial charge on any atom is -0.376 e. The standard InChI is InChI=1S/C21H34N4O/c1-2-22-21(24-16-20-11-8-14-26-20)23-15-18-9-4-5-10-19(18)17-25-12-6-3-7-13-25/h4-5,9-10,20H,2-3,6-8,11-17H2,1H3,(H2,22,23,24). The first-order chi connectivity index (χ1) is 12.8. The molecular formula is C21H34N4O. The van der Waals surface area contributed by atoms with Crippen LogP contribution in [-0.4, -0.2) is 49.7 Å². The van der Waals surface area contributed by atoms with Crippen LogP contribution in [0.2, 0.25) is 0 Å². The summed E-state index contributed by atoms with van der Waals surface area (Å²) in [6, 6.07) is 8.74. The van der Waals surface area contributed by atoms with Crippen LogP contribution in [0.5, 0.6) is 0 Å². The molecule has 0 aliphatic carbocycles. The summed E-state index contributed by atoms with van der Waals surface area (Å²) in [5.74, 6) is 0.885. The maximum absolute atomic E-state index is 5.70. The average Bonchev–Trinajstić information content (AvgIpc) is 3.19. The molecule has 0 amide bonds. The van der Waals surface area contributed by atoms with Crippen LogP contribution in [0.1, 0.15) is 50.2 Å². The first-order valence-electron chi connectivity index (χ1n) is 10.3. The predicted molar refractivity (Wildman–Crippen MR) is 107 cm³/mol. The molecule has 2 fully saturated rings. The number of rotatable bonds is 7. The highest BCUT2D eigenvalue weighted by atomic mass is 16.5. The Kier molecular flexibility index (Phi) is 7.77. The van der Waals surface area contributed by atoms with Crippen LogP contribution in [0.4, 0.5) is 0 Å². The quantitative estimate of drug-likeness (QED) is 0.581. The van der Waals surface area contributed by atoms with E-state index in [0.717, 1.165) is 38.6 Å². The molecule has 0 aromatic heterocycles. The first-order valence-corrected chi connectivity index (χ1v) is 10.3. The molecule has 2 N–H and O–H groups in total. The van der Waals surface area contributed by atoms with Crippen LogP contribution in [0.3, 0.4) is 0 Å². The molecule has 1 atom stereocenters. The smallest absolute Gasteiger partial charge is 0.191 e. The van der Waals surface area contributed by atoms with Crippen molar-refractivity contribution in [3.05, 3.63) is 35.4 Å². The van der Waals surface area contributed by atoms with Gasteiger partial charge < -0.3 is 15.4 Å². The Bertz CT molecular complexity index is 563. The van der Waals surface area contributed by atoms with Gasteiger partial charge in [0.25, 0.3) is 0 Å². The molecular weight excluding hydrogens is 324 g/mol. The molecule has 0 radical (unpaired) electrons. The fourth-order valence-electron chi connectivity index (χ4n) is 3.75. The number of likely N-dealkylation sites (tertiary alicyclic amines) is 1. The van der Waals surface area contributed by atoms with E-state index in [9.17, 15) is 0 Å². The van der Waals surface area contributed by atoms with Gasteiger partial charge in [-0.15, -0.1) is 0 Å². The zero-order chi connectivity index (χ0) is 18.0. The second-order valence-electron chi connectivity index (χ2n) is 7.32. The number of nitrogens with one attached hydrogen (secondary N) is 2. The molecule has 0 bridgehead atoms. The topological polar surface area (TPSA) is 48.9 Å². The molecule has 144 valence electrons. The minimum absolute atomic E-state index is 0.324. The third kappa shape index (κ3) is 5.99. The number of guanidine groups is 1. The van der Waals surface area contributed by atoms with Crippen molar-refractivity contribution in [3.63, 3.8) is 0 Å². The van der Waals surface area contributed by atoms with Gasteiger partial charge in [-0.05, 0) is 56.8 Å². The maximum Gasteiger partial charge on any atom is 0.191 e. The van der Waals surface area contributed by atoms with Gasteiger partial charge in [0, 0.05) is 26.2 Å². The van der Waals surface area contributed by atoms with E-state index in [-0.39, 0.29) is 0 Å². The van der Waals surface area contributed by atoms with E-state index in [1.807, 2.05) is 0 Å². The highest BCUT2D eigenvalue weighted by Crippen LogP contribution is 2.17. The zero-order valence-electron chi connectivity index (χ0n) is 16.2. The minimum atomic E-state index is 0.324. The Labute approximate surface area is 158 Å². The van der Waals surface area contributed by atoms with Gasteiger partial charge in [0.2, 0.25) is 0 Å². The van der Waals surface area contributed by atoms with Crippen molar-refractivity contribution in [3.8, 4) is 0 Å². The summed E-state index contributed by atoms with van der Waals surface area (Å²) in [5, 5.41) is 6.79. The molecule has 2 saturated heterocycles. The maximum atomic E-state index is 5.70. The summed E-state index contributed by atoms with van der Waals surface area (Å²) < 4.78 is 5.70. The molecule has 3 rings (SSSR count). The highest BCUT2D eigenvalue weighted by Gasteiger charge is 2.16. The second kappa shape index (κ2) is 10.5. The van der Waals surface area contributed by atoms with Gasteiger partial charge in [0.05, 0.1) is 12.6 Å². The summed E-state index contributed by atoms with van der Waals surface area (Å²) in [6.45, 7) is 8.91. The van der Waals surface area contributed by atoms with Crippen molar-refractivity contribution in [2.45, 2.75) is 58.2 Å². The molecule has 5 heteroatoms. The molecule has 0 saturated carbocycles. The lowest BCUT2D eigenvalue weighted by atomic mass is 10.1. The fraction of sp³-hybridized carbons (Fsp3) is 0.667. The van der Waals surface area contributed by atoms with Gasteiger partial charge in [-0.3, -0.25) is 4.90 Å². The van der Waals surface area contributed by atoms with E-state index in [1.165, 1.54) is 49.9 Å². The number of hydrogen-bond acceptors (Lipinski definition) is 3. The monoisotopic (exact) mass is 358 g/mol. The SMILES string of the molecule is CCNC(=NCc1ccccc1CN1CCCCC1)NCC1CCCO1. The van der Waals surface area contributed by atoms with E-state index in [2.05, 4.69) is 46.7 Å². The average molecular weight is 359 g/mol. The van der Waals surface area contributed by atoms with Crippen molar-refractivity contribution in [2.75, 3.05) is 32.8 Å². The molecule has 5 nitrogen and oxygen atoms in total. The van der Waals surface area contributed by atoms with Gasteiger partial charge in [-0.1, -0.05) is 30.7 Å². The molecule has 1 unspecified atom stereocenters. The van der Waals surface area contributed by atoms with Crippen LogP contribution in [0.15, 0.2) is 29.3 Å². The largest absolute Gasteiger partial charge is 0.376 e. The predicted octanol–water partition coefficient (Wildman–Crippen LogP) is 2.91. The molecule has 26 heavy (non-hydrogen) atoms. The van der Waals surface area contributed by atoms with E-state index >= 15 is 0 Å². The zero-order valence-corrected chi connectivity index (χ0v) is 16.2. The summed E-state index contributed by atoms with van der Waals surface area (Å²) in [5.41, 5.74) is 2.74. The van der Waals surface area contributed by atoms with E-state index < -0.39 is 0 Å². The molecule has 0 spiro atoms. The van der Waals surface area contributed by atoms with Gasteiger partial charge in [-0.2, -0.15) is 0 Å². The van der Waals surface area contributed by atoms with Crippen LogP contribution >= 0.6 is 0 Å². The van der Waals surface area contributed by atoms with Gasteiger partial charge in [0.15, 0.2) is 5.96 Å². The Balaban J connectivity index is 1.58. The van der Waals surface area contributed by atoms with Crippen molar-refractivity contribution < 1.29 is 4.74 Å². The molecule has 1 aromatic rings. The number of piperidine rings is 1. The van der Waals surface area contributed by atoms with Crippen LogP contribution in [-0.2, 0) is 17.8 Å². The number of benzene rings is 1. The number of hydrogen-bond donors (Lipinski definition) is 2. The van der Waals surface area contributed by atoms with Crippen LogP contribution < -0.4 is 10.6 Å². The Morgan fingerprint density at radius 3 is 2.65 bits per heavy atom. The second-order valence-corrected chi connectivity index (χ2v) is 7.32. The summed E-state index contributed by atoms with van der Waals surface area (Å²) in [6.07, 6.45) is 6.68. The lowest BCUT2D eigenvalue weighted by Gasteiger charge is -2.27. The van der Waals surface area contributed by atoms with E-state index in [0.29, 0.717) is 12.6 Å². The first kappa shape index (κ1) is 19.2.